The second kappa shape index (κ2) is 5.37. The molecule has 0 spiro atoms. The molecule has 0 radical (unpaired) electrons. The lowest BCUT2D eigenvalue weighted by Gasteiger charge is -2.08. The summed E-state index contributed by atoms with van der Waals surface area (Å²) in [5, 5.41) is 0. The van der Waals surface area contributed by atoms with Gasteiger partial charge in [0.05, 0.1) is 11.5 Å². The highest BCUT2D eigenvalue weighted by Gasteiger charge is 2.09. The third-order valence-electron chi connectivity index (χ3n) is 1.89. The monoisotopic (exact) mass is 232 g/mol. The normalized spacial score (nSPS) is 12.5. The van der Waals surface area contributed by atoms with E-state index in [9.17, 15) is 4.21 Å². The van der Waals surface area contributed by atoms with Crippen LogP contribution in [0.3, 0.4) is 0 Å². The molecule has 0 aliphatic heterocycles. The van der Waals surface area contributed by atoms with Crippen LogP contribution in [0, 0.1) is 0 Å². The minimum absolute atomic E-state index is 0.548. The van der Waals surface area contributed by atoms with Crippen LogP contribution in [-0.2, 0) is 16.4 Å². The third-order valence-corrected chi connectivity index (χ3v) is 3.05. The highest BCUT2D eigenvalue weighted by Crippen LogP contribution is 2.25. The zero-order valence-corrected chi connectivity index (χ0v) is 9.82. The fourth-order valence-electron chi connectivity index (χ4n) is 1.17. The molecular weight excluding hydrogens is 220 g/mol. The Morgan fingerprint density at radius 2 is 2.14 bits per heavy atom. The molecule has 0 saturated heterocycles. The fraction of sp³-hybridized carbons (Fsp3) is 0.400. The smallest absolute Gasteiger partial charge is 0.151 e. The second-order valence-electron chi connectivity index (χ2n) is 2.79. The molecule has 0 saturated carbocycles. The standard InChI is InChI=1S/C10H13ClO2S/c1-3-8-5-6-9(13-4-2)10(7-8)14(11)12/h5-7H,3-4H2,1-2H3. The third kappa shape index (κ3) is 2.72. The number of ether oxygens (including phenoxy) is 1. The Morgan fingerprint density at radius 3 is 2.64 bits per heavy atom. The van der Waals surface area contributed by atoms with Gasteiger partial charge in [-0.25, -0.2) is 4.21 Å². The van der Waals surface area contributed by atoms with Crippen LogP contribution < -0.4 is 4.74 Å². The summed E-state index contributed by atoms with van der Waals surface area (Å²) < 4.78 is 16.5. The summed E-state index contributed by atoms with van der Waals surface area (Å²) in [5.41, 5.74) is 1.11. The molecule has 78 valence electrons. The first kappa shape index (κ1) is 11.5. The Balaban J connectivity index is 3.10. The molecule has 4 heteroatoms. The SMILES string of the molecule is CCOc1ccc(CC)cc1S(=O)Cl. The predicted octanol–water partition coefficient (Wildman–Crippen LogP) is 2.91. The second-order valence-corrected chi connectivity index (χ2v) is 4.52. The molecule has 0 aromatic heterocycles. The van der Waals surface area contributed by atoms with E-state index in [-0.39, 0.29) is 0 Å². The van der Waals surface area contributed by atoms with Crippen molar-refractivity contribution in [2.45, 2.75) is 25.2 Å². The van der Waals surface area contributed by atoms with Gasteiger partial charge in [-0.05, 0) is 41.7 Å². The van der Waals surface area contributed by atoms with E-state index in [0.29, 0.717) is 17.3 Å². The lowest BCUT2D eigenvalue weighted by molar-refractivity contribution is 0.332. The van der Waals surface area contributed by atoms with E-state index in [1.54, 1.807) is 0 Å². The van der Waals surface area contributed by atoms with E-state index < -0.39 is 10.0 Å². The maximum atomic E-state index is 11.2. The van der Waals surface area contributed by atoms with Gasteiger partial charge in [0.2, 0.25) is 0 Å². The van der Waals surface area contributed by atoms with E-state index in [0.717, 1.165) is 12.0 Å². The first-order valence-corrected chi connectivity index (χ1v) is 6.50. The first-order chi connectivity index (χ1) is 6.69. The van der Waals surface area contributed by atoms with Gasteiger partial charge in [0.15, 0.2) is 10.0 Å². The van der Waals surface area contributed by atoms with Gasteiger partial charge in [-0.15, -0.1) is 0 Å². The molecule has 1 aromatic rings. The summed E-state index contributed by atoms with van der Waals surface area (Å²) in [5.74, 6) is 0.609. The quantitative estimate of drug-likeness (QED) is 0.747. The summed E-state index contributed by atoms with van der Waals surface area (Å²) in [6.07, 6.45) is 0.896. The van der Waals surface area contributed by atoms with Crippen molar-refractivity contribution in [3.63, 3.8) is 0 Å². The molecule has 0 N–H and O–H groups in total. The summed E-state index contributed by atoms with van der Waals surface area (Å²) in [6, 6.07) is 5.60. The zero-order chi connectivity index (χ0) is 10.6. The molecule has 0 heterocycles. The summed E-state index contributed by atoms with van der Waals surface area (Å²) in [4.78, 5) is 0.563. The number of benzene rings is 1. The number of aryl methyl sites for hydroxylation is 1. The van der Waals surface area contributed by atoms with Crippen LogP contribution in [0.2, 0.25) is 0 Å². The number of rotatable bonds is 4. The van der Waals surface area contributed by atoms with Gasteiger partial charge in [0.25, 0.3) is 0 Å². The highest BCUT2D eigenvalue weighted by atomic mass is 35.7. The number of halogens is 1. The average molecular weight is 233 g/mol. The molecule has 0 fully saturated rings. The van der Waals surface area contributed by atoms with E-state index in [1.165, 1.54) is 0 Å². The van der Waals surface area contributed by atoms with Crippen molar-refractivity contribution in [2.75, 3.05) is 6.61 Å². The van der Waals surface area contributed by atoms with Crippen LogP contribution in [0.5, 0.6) is 5.75 Å². The van der Waals surface area contributed by atoms with Crippen LogP contribution in [0.4, 0.5) is 0 Å². The first-order valence-electron chi connectivity index (χ1n) is 4.52. The Kier molecular flexibility index (Phi) is 4.42. The van der Waals surface area contributed by atoms with Crippen molar-refractivity contribution in [3.05, 3.63) is 23.8 Å². The Hall–Kier alpha value is -0.540. The highest BCUT2D eigenvalue weighted by molar-refractivity contribution is 8.08. The maximum Gasteiger partial charge on any atom is 0.151 e. The van der Waals surface area contributed by atoms with Crippen LogP contribution in [0.15, 0.2) is 23.1 Å². The Bertz CT molecular complexity index is 339. The molecule has 1 atom stereocenters. The number of hydrogen-bond donors (Lipinski definition) is 0. The van der Waals surface area contributed by atoms with Gasteiger partial charge in [-0.1, -0.05) is 13.0 Å². The van der Waals surface area contributed by atoms with Crippen molar-refractivity contribution < 1.29 is 8.95 Å². The average Bonchev–Trinajstić information content (AvgIpc) is 2.18. The molecule has 14 heavy (non-hydrogen) atoms. The van der Waals surface area contributed by atoms with Gasteiger partial charge in [-0.3, -0.25) is 0 Å². The molecule has 0 amide bonds. The molecule has 0 aliphatic carbocycles. The van der Waals surface area contributed by atoms with Gasteiger partial charge in [-0.2, -0.15) is 0 Å². The lowest BCUT2D eigenvalue weighted by atomic mass is 10.2. The van der Waals surface area contributed by atoms with Gasteiger partial charge >= 0.3 is 0 Å². The minimum atomic E-state index is -1.51. The molecule has 0 bridgehead atoms. The molecule has 1 rings (SSSR count). The molecule has 1 aromatic carbocycles. The molecule has 2 nitrogen and oxygen atoms in total. The van der Waals surface area contributed by atoms with E-state index in [1.807, 2.05) is 32.0 Å². The topological polar surface area (TPSA) is 26.3 Å². The van der Waals surface area contributed by atoms with Crippen molar-refractivity contribution >= 4 is 20.7 Å². The molecular formula is C10H13ClO2S. The summed E-state index contributed by atoms with van der Waals surface area (Å²) >= 11 is 0. The summed E-state index contributed by atoms with van der Waals surface area (Å²) in [7, 11) is 4.06. The van der Waals surface area contributed by atoms with Crippen LogP contribution in [0.25, 0.3) is 0 Å². The van der Waals surface area contributed by atoms with Crippen LogP contribution >= 0.6 is 10.7 Å². The summed E-state index contributed by atoms with van der Waals surface area (Å²) in [6.45, 7) is 4.47. The van der Waals surface area contributed by atoms with Crippen LogP contribution in [0.1, 0.15) is 19.4 Å². The zero-order valence-electron chi connectivity index (χ0n) is 8.25. The van der Waals surface area contributed by atoms with Crippen LogP contribution in [-0.4, -0.2) is 10.8 Å². The van der Waals surface area contributed by atoms with Gasteiger partial charge in [0, 0.05) is 0 Å². The molecule has 0 aliphatic rings. The predicted molar refractivity (Wildman–Crippen MR) is 59.3 cm³/mol. The Labute approximate surface area is 91.2 Å². The van der Waals surface area contributed by atoms with E-state index >= 15 is 0 Å². The van der Waals surface area contributed by atoms with Gasteiger partial charge in [0.1, 0.15) is 5.75 Å². The maximum absolute atomic E-state index is 11.2. The lowest BCUT2D eigenvalue weighted by Crippen LogP contribution is -1.97. The van der Waals surface area contributed by atoms with E-state index in [4.69, 9.17) is 15.4 Å². The van der Waals surface area contributed by atoms with Gasteiger partial charge < -0.3 is 4.74 Å². The largest absolute Gasteiger partial charge is 0.493 e. The van der Waals surface area contributed by atoms with Crippen molar-refractivity contribution in [1.29, 1.82) is 0 Å². The minimum Gasteiger partial charge on any atom is -0.493 e. The van der Waals surface area contributed by atoms with E-state index in [2.05, 4.69) is 0 Å². The Morgan fingerprint density at radius 1 is 1.43 bits per heavy atom. The number of hydrogen-bond acceptors (Lipinski definition) is 2. The van der Waals surface area contributed by atoms with Crippen molar-refractivity contribution in [2.24, 2.45) is 0 Å². The van der Waals surface area contributed by atoms with Crippen molar-refractivity contribution in [3.8, 4) is 5.75 Å². The van der Waals surface area contributed by atoms with Crippen molar-refractivity contribution in [1.82, 2.24) is 0 Å². The molecule has 1 unspecified atom stereocenters. The fourth-order valence-corrected chi connectivity index (χ4v) is 2.06.